The van der Waals surface area contributed by atoms with Gasteiger partial charge >= 0.3 is 0 Å². The molecule has 2 aliphatic heterocycles. The summed E-state index contributed by atoms with van der Waals surface area (Å²) < 4.78 is 13.1. The summed E-state index contributed by atoms with van der Waals surface area (Å²) in [4.78, 5) is 17.3. The highest BCUT2D eigenvalue weighted by Gasteiger charge is 2.35. The van der Waals surface area contributed by atoms with Gasteiger partial charge in [-0.25, -0.2) is 4.39 Å². The standard InChI is InChI=1S/C19H28FN3O/c1-14(21)16-4-2-11-23(13-16)19(24)18-5-3-10-22(18)12-15-6-8-17(20)9-7-15/h6-9,14,16,18H,2-5,10-13,21H2,1H3. The van der Waals surface area contributed by atoms with Gasteiger partial charge in [0, 0.05) is 25.7 Å². The fourth-order valence-electron chi connectivity index (χ4n) is 3.97. The van der Waals surface area contributed by atoms with E-state index in [1.807, 2.05) is 24.0 Å². The Bertz CT molecular complexity index is 560. The van der Waals surface area contributed by atoms with Crippen molar-refractivity contribution in [3.8, 4) is 0 Å². The van der Waals surface area contributed by atoms with Crippen LogP contribution < -0.4 is 5.73 Å². The molecular formula is C19H28FN3O. The van der Waals surface area contributed by atoms with Crippen molar-refractivity contribution in [1.29, 1.82) is 0 Å². The van der Waals surface area contributed by atoms with Crippen LogP contribution in [-0.2, 0) is 11.3 Å². The minimum Gasteiger partial charge on any atom is -0.341 e. The summed E-state index contributed by atoms with van der Waals surface area (Å²) in [6.07, 6.45) is 4.12. The highest BCUT2D eigenvalue weighted by Crippen LogP contribution is 2.25. The lowest BCUT2D eigenvalue weighted by Gasteiger charge is -2.37. The third kappa shape index (κ3) is 3.95. The van der Waals surface area contributed by atoms with Crippen LogP contribution in [0.4, 0.5) is 4.39 Å². The minimum absolute atomic E-state index is 0.0399. The van der Waals surface area contributed by atoms with E-state index in [2.05, 4.69) is 4.90 Å². The molecule has 4 nitrogen and oxygen atoms in total. The van der Waals surface area contributed by atoms with E-state index in [0.717, 1.165) is 50.9 Å². The maximum atomic E-state index is 13.1. The van der Waals surface area contributed by atoms with Crippen molar-refractivity contribution in [2.24, 2.45) is 11.7 Å². The van der Waals surface area contributed by atoms with Crippen molar-refractivity contribution < 1.29 is 9.18 Å². The van der Waals surface area contributed by atoms with E-state index in [9.17, 15) is 9.18 Å². The van der Waals surface area contributed by atoms with E-state index in [4.69, 9.17) is 5.73 Å². The van der Waals surface area contributed by atoms with Crippen molar-refractivity contribution in [3.63, 3.8) is 0 Å². The average Bonchev–Trinajstić information content (AvgIpc) is 3.04. The second-order valence-corrected chi connectivity index (χ2v) is 7.30. The number of benzene rings is 1. The molecule has 5 heteroatoms. The Balaban J connectivity index is 1.63. The van der Waals surface area contributed by atoms with Crippen LogP contribution in [-0.4, -0.2) is 47.4 Å². The first-order valence-corrected chi connectivity index (χ1v) is 9.07. The Kier molecular flexibility index (Phi) is 5.51. The molecule has 0 radical (unpaired) electrons. The van der Waals surface area contributed by atoms with Crippen LogP contribution in [0.25, 0.3) is 0 Å². The first-order valence-electron chi connectivity index (χ1n) is 9.07. The molecule has 1 aromatic carbocycles. The number of nitrogens with zero attached hydrogens (tertiary/aromatic N) is 2. The fourth-order valence-corrected chi connectivity index (χ4v) is 3.97. The SMILES string of the molecule is CC(N)C1CCCN(C(=O)C2CCCN2Cc2ccc(F)cc2)C1. The first kappa shape index (κ1) is 17.4. The van der Waals surface area contributed by atoms with Gasteiger partial charge in [0.2, 0.25) is 5.91 Å². The summed E-state index contributed by atoms with van der Waals surface area (Å²) in [7, 11) is 0. The zero-order chi connectivity index (χ0) is 17.1. The number of halogens is 1. The molecule has 0 aromatic heterocycles. The zero-order valence-corrected chi connectivity index (χ0v) is 14.5. The van der Waals surface area contributed by atoms with E-state index >= 15 is 0 Å². The number of nitrogens with two attached hydrogens (primary N) is 1. The van der Waals surface area contributed by atoms with Crippen LogP contribution in [0.15, 0.2) is 24.3 Å². The van der Waals surface area contributed by atoms with E-state index in [-0.39, 0.29) is 23.8 Å². The Morgan fingerprint density at radius 2 is 1.96 bits per heavy atom. The van der Waals surface area contributed by atoms with Crippen LogP contribution in [0, 0.1) is 11.7 Å². The summed E-state index contributed by atoms with van der Waals surface area (Å²) in [5.74, 6) is 0.442. The highest BCUT2D eigenvalue weighted by atomic mass is 19.1. The minimum atomic E-state index is -0.219. The number of rotatable bonds is 4. The summed E-state index contributed by atoms with van der Waals surface area (Å²) in [5.41, 5.74) is 7.10. The Morgan fingerprint density at radius 3 is 2.67 bits per heavy atom. The monoisotopic (exact) mass is 333 g/mol. The molecule has 2 N–H and O–H groups in total. The molecule has 0 bridgehead atoms. The summed E-state index contributed by atoms with van der Waals surface area (Å²) in [6, 6.07) is 6.69. The van der Waals surface area contributed by atoms with Crippen molar-refractivity contribution in [1.82, 2.24) is 9.80 Å². The molecule has 0 aliphatic carbocycles. The van der Waals surface area contributed by atoms with Gasteiger partial charge < -0.3 is 10.6 Å². The molecule has 0 spiro atoms. The smallest absolute Gasteiger partial charge is 0.239 e. The van der Waals surface area contributed by atoms with E-state index in [0.29, 0.717) is 12.5 Å². The van der Waals surface area contributed by atoms with Crippen molar-refractivity contribution >= 4 is 5.91 Å². The predicted octanol–water partition coefficient (Wildman–Crippen LogP) is 2.38. The number of likely N-dealkylation sites (tertiary alicyclic amines) is 2. The van der Waals surface area contributed by atoms with Crippen LogP contribution in [0.3, 0.4) is 0 Å². The molecule has 3 atom stereocenters. The van der Waals surface area contributed by atoms with Crippen molar-refractivity contribution in [2.45, 2.75) is 51.2 Å². The van der Waals surface area contributed by atoms with Gasteiger partial charge in [0.15, 0.2) is 0 Å². The summed E-state index contributed by atoms with van der Waals surface area (Å²) >= 11 is 0. The third-order valence-corrected chi connectivity index (χ3v) is 5.46. The number of hydrogen-bond acceptors (Lipinski definition) is 3. The summed E-state index contributed by atoms with van der Waals surface area (Å²) in [5, 5.41) is 0. The normalized spacial score (nSPS) is 26.5. The molecule has 1 aromatic rings. The molecule has 3 rings (SSSR count). The molecule has 2 saturated heterocycles. The molecule has 2 heterocycles. The lowest BCUT2D eigenvalue weighted by Crippen LogP contribution is -2.51. The van der Waals surface area contributed by atoms with Gasteiger partial charge in [-0.3, -0.25) is 9.69 Å². The van der Waals surface area contributed by atoms with Crippen LogP contribution >= 0.6 is 0 Å². The van der Waals surface area contributed by atoms with Gasteiger partial charge in [-0.2, -0.15) is 0 Å². The molecule has 2 aliphatic rings. The van der Waals surface area contributed by atoms with E-state index in [1.165, 1.54) is 12.1 Å². The first-order chi connectivity index (χ1) is 11.5. The van der Waals surface area contributed by atoms with E-state index in [1.54, 1.807) is 0 Å². The Morgan fingerprint density at radius 1 is 1.25 bits per heavy atom. The second-order valence-electron chi connectivity index (χ2n) is 7.30. The van der Waals surface area contributed by atoms with E-state index < -0.39 is 0 Å². The molecule has 1 amide bonds. The molecule has 24 heavy (non-hydrogen) atoms. The average molecular weight is 333 g/mol. The van der Waals surface area contributed by atoms with Crippen molar-refractivity contribution in [2.75, 3.05) is 19.6 Å². The number of carbonyl (C=O) groups excluding carboxylic acids is 1. The lowest BCUT2D eigenvalue weighted by atomic mass is 9.91. The third-order valence-electron chi connectivity index (χ3n) is 5.46. The zero-order valence-electron chi connectivity index (χ0n) is 14.5. The second kappa shape index (κ2) is 7.62. The number of amides is 1. The molecule has 3 unspecified atom stereocenters. The molecule has 2 fully saturated rings. The topological polar surface area (TPSA) is 49.6 Å². The maximum absolute atomic E-state index is 13.1. The molecule has 0 saturated carbocycles. The van der Waals surface area contributed by atoms with Gasteiger partial charge in [-0.05, 0) is 62.8 Å². The van der Waals surface area contributed by atoms with Crippen LogP contribution in [0.5, 0.6) is 0 Å². The van der Waals surface area contributed by atoms with Gasteiger partial charge in [-0.1, -0.05) is 12.1 Å². The maximum Gasteiger partial charge on any atom is 0.239 e. The largest absolute Gasteiger partial charge is 0.341 e. The molecular weight excluding hydrogens is 305 g/mol. The quantitative estimate of drug-likeness (QED) is 0.920. The number of carbonyl (C=O) groups is 1. The Labute approximate surface area is 143 Å². The Hall–Kier alpha value is -1.46. The number of piperidine rings is 1. The predicted molar refractivity (Wildman–Crippen MR) is 92.8 cm³/mol. The lowest BCUT2D eigenvalue weighted by molar-refractivity contribution is -0.138. The van der Waals surface area contributed by atoms with Gasteiger partial charge in [0.25, 0.3) is 0 Å². The number of hydrogen-bond donors (Lipinski definition) is 1. The van der Waals surface area contributed by atoms with Gasteiger partial charge in [0.05, 0.1) is 6.04 Å². The van der Waals surface area contributed by atoms with Crippen molar-refractivity contribution in [3.05, 3.63) is 35.6 Å². The van der Waals surface area contributed by atoms with Crippen LogP contribution in [0.2, 0.25) is 0 Å². The van der Waals surface area contributed by atoms with Gasteiger partial charge in [0.1, 0.15) is 5.82 Å². The fraction of sp³-hybridized carbons (Fsp3) is 0.632. The summed E-state index contributed by atoms with van der Waals surface area (Å²) in [6.45, 7) is 5.31. The van der Waals surface area contributed by atoms with Crippen LogP contribution in [0.1, 0.15) is 38.2 Å². The highest BCUT2D eigenvalue weighted by molar-refractivity contribution is 5.82. The van der Waals surface area contributed by atoms with Gasteiger partial charge in [-0.15, -0.1) is 0 Å². The molecule has 132 valence electrons.